The zero-order chi connectivity index (χ0) is 20.2. The van der Waals surface area contributed by atoms with Crippen LogP contribution in [0.3, 0.4) is 0 Å². The van der Waals surface area contributed by atoms with Crippen molar-refractivity contribution in [3.8, 4) is 0 Å². The average Bonchev–Trinajstić information content (AvgIpc) is 3.06. The fraction of sp³-hybridized carbons (Fsp3) is 0.615. The molecule has 154 valence electrons. The van der Waals surface area contributed by atoms with E-state index in [0.29, 0.717) is 16.9 Å². The lowest BCUT2D eigenvalue weighted by Gasteiger charge is -2.58. The quantitative estimate of drug-likeness (QED) is 0.674. The van der Waals surface area contributed by atoms with Gasteiger partial charge in [0.05, 0.1) is 0 Å². The van der Waals surface area contributed by atoms with Crippen LogP contribution in [0.15, 0.2) is 42.3 Å². The van der Waals surface area contributed by atoms with E-state index >= 15 is 0 Å². The lowest BCUT2D eigenvalue weighted by molar-refractivity contribution is -0.120. The SMILES string of the molecule is CC(=O)N[C@@H]1CC[C@@]2(C)C(=CC[C@@H]3[C@@H]2CC[C@]2(C)C(c4cccnc4)=CC[C@@H]32)C1. The van der Waals surface area contributed by atoms with Crippen molar-refractivity contribution in [2.24, 2.45) is 28.6 Å². The number of hydrogen-bond donors (Lipinski definition) is 1. The number of nitrogens with one attached hydrogen (secondary N) is 1. The van der Waals surface area contributed by atoms with Gasteiger partial charge >= 0.3 is 0 Å². The number of carbonyl (C=O) groups excluding carboxylic acids is 1. The van der Waals surface area contributed by atoms with E-state index in [0.717, 1.165) is 30.6 Å². The highest BCUT2D eigenvalue weighted by Crippen LogP contribution is 2.66. The monoisotopic (exact) mass is 390 g/mol. The van der Waals surface area contributed by atoms with E-state index < -0.39 is 0 Å². The van der Waals surface area contributed by atoms with Crippen LogP contribution in [0.25, 0.3) is 5.57 Å². The van der Waals surface area contributed by atoms with E-state index in [9.17, 15) is 4.79 Å². The van der Waals surface area contributed by atoms with E-state index in [-0.39, 0.29) is 5.91 Å². The third kappa shape index (κ3) is 2.92. The van der Waals surface area contributed by atoms with E-state index in [1.165, 1.54) is 37.7 Å². The number of nitrogens with zero attached hydrogens (tertiary/aromatic N) is 1. The Bertz CT molecular complexity index is 872. The minimum atomic E-state index is 0.112. The summed E-state index contributed by atoms with van der Waals surface area (Å²) in [5.41, 5.74) is 5.12. The third-order valence-electron chi connectivity index (χ3n) is 9.06. The van der Waals surface area contributed by atoms with Gasteiger partial charge in [-0.3, -0.25) is 9.78 Å². The molecule has 1 amide bonds. The van der Waals surface area contributed by atoms with Gasteiger partial charge in [0.15, 0.2) is 0 Å². The molecular weight excluding hydrogens is 356 g/mol. The standard InChI is InChI=1S/C26H34N2O/c1-17(29)28-20-10-12-25(2)19(15-20)6-7-21-23-9-8-22(18-5-4-14-27-16-18)26(23,3)13-11-24(21)25/h4-6,8,14,16,20-21,23-24H,7,9-13,15H2,1-3H3,(H,28,29)/t20-,21+,23+,24+,25+,26-/m1/s1. The van der Waals surface area contributed by atoms with E-state index in [2.05, 4.69) is 54.6 Å². The first-order valence-corrected chi connectivity index (χ1v) is 11.5. The summed E-state index contributed by atoms with van der Waals surface area (Å²) in [7, 11) is 0. The molecule has 29 heavy (non-hydrogen) atoms. The van der Waals surface area contributed by atoms with Crippen LogP contribution in [-0.2, 0) is 4.79 Å². The molecule has 2 fully saturated rings. The fourth-order valence-corrected chi connectivity index (χ4v) is 7.61. The molecule has 5 rings (SSSR count). The van der Waals surface area contributed by atoms with Crippen LogP contribution in [0.1, 0.15) is 71.3 Å². The number of fused-ring (bicyclic) bond motifs is 5. The summed E-state index contributed by atoms with van der Waals surface area (Å²) in [5, 5.41) is 3.18. The number of carbonyl (C=O) groups is 1. The molecule has 4 aliphatic rings. The zero-order valence-electron chi connectivity index (χ0n) is 18.1. The number of pyridine rings is 1. The predicted octanol–water partition coefficient (Wildman–Crippen LogP) is 5.54. The number of amides is 1. The van der Waals surface area contributed by atoms with E-state index in [4.69, 9.17) is 0 Å². The maximum absolute atomic E-state index is 11.5. The molecule has 3 heteroatoms. The minimum Gasteiger partial charge on any atom is -0.353 e. The number of allylic oxidation sites excluding steroid dienone is 3. The normalized spacial score (nSPS) is 40.8. The molecule has 1 N–H and O–H groups in total. The maximum atomic E-state index is 11.5. The lowest BCUT2D eigenvalue weighted by Crippen LogP contribution is -2.51. The molecule has 0 aliphatic heterocycles. The molecule has 0 unspecified atom stereocenters. The highest BCUT2D eigenvalue weighted by Gasteiger charge is 2.56. The Labute approximate surface area is 175 Å². The first-order chi connectivity index (χ1) is 13.9. The number of aromatic nitrogens is 1. The Kier molecular flexibility index (Phi) is 4.49. The molecule has 1 aromatic heterocycles. The Hall–Kier alpha value is -1.90. The Morgan fingerprint density at radius 1 is 1.10 bits per heavy atom. The van der Waals surface area contributed by atoms with Gasteiger partial charge in [-0.25, -0.2) is 0 Å². The van der Waals surface area contributed by atoms with Crippen molar-refractivity contribution in [1.29, 1.82) is 0 Å². The minimum absolute atomic E-state index is 0.112. The van der Waals surface area contributed by atoms with E-state index in [1.807, 2.05) is 6.20 Å². The predicted molar refractivity (Wildman–Crippen MR) is 117 cm³/mol. The van der Waals surface area contributed by atoms with Crippen LogP contribution in [0, 0.1) is 28.6 Å². The Morgan fingerprint density at radius 3 is 2.69 bits per heavy atom. The first kappa shape index (κ1) is 19.1. The molecule has 0 aromatic carbocycles. The molecule has 1 aromatic rings. The van der Waals surface area contributed by atoms with Gasteiger partial charge in [0, 0.05) is 25.4 Å². The maximum Gasteiger partial charge on any atom is 0.217 e. The van der Waals surface area contributed by atoms with Crippen LogP contribution in [-0.4, -0.2) is 16.9 Å². The van der Waals surface area contributed by atoms with Crippen LogP contribution in [0.4, 0.5) is 0 Å². The second-order valence-corrected chi connectivity index (χ2v) is 10.5. The van der Waals surface area contributed by atoms with Crippen molar-refractivity contribution in [2.45, 2.75) is 71.8 Å². The highest BCUT2D eigenvalue weighted by atomic mass is 16.1. The summed E-state index contributed by atoms with van der Waals surface area (Å²) in [6, 6.07) is 4.65. The summed E-state index contributed by atoms with van der Waals surface area (Å²) in [6.07, 6.45) is 17.5. The number of rotatable bonds is 2. The fourth-order valence-electron chi connectivity index (χ4n) is 7.61. The molecule has 0 radical (unpaired) electrons. The zero-order valence-corrected chi connectivity index (χ0v) is 18.1. The highest BCUT2D eigenvalue weighted by molar-refractivity contribution is 5.73. The van der Waals surface area contributed by atoms with Crippen LogP contribution in [0.5, 0.6) is 0 Å². The lowest BCUT2D eigenvalue weighted by atomic mass is 9.47. The summed E-state index contributed by atoms with van der Waals surface area (Å²) < 4.78 is 0. The van der Waals surface area contributed by atoms with Crippen molar-refractivity contribution in [3.63, 3.8) is 0 Å². The Balaban J connectivity index is 1.41. The van der Waals surface area contributed by atoms with Crippen molar-refractivity contribution < 1.29 is 4.79 Å². The topological polar surface area (TPSA) is 42.0 Å². The van der Waals surface area contributed by atoms with Crippen molar-refractivity contribution in [2.75, 3.05) is 0 Å². The second-order valence-electron chi connectivity index (χ2n) is 10.5. The van der Waals surface area contributed by atoms with Crippen molar-refractivity contribution in [3.05, 3.63) is 47.8 Å². The molecule has 0 saturated heterocycles. The smallest absolute Gasteiger partial charge is 0.217 e. The summed E-state index contributed by atoms with van der Waals surface area (Å²) >= 11 is 0. The number of hydrogen-bond acceptors (Lipinski definition) is 2. The van der Waals surface area contributed by atoms with Gasteiger partial charge in [-0.15, -0.1) is 0 Å². The summed E-state index contributed by atoms with van der Waals surface area (Å²) in [6.45, 7) is 6.70. The van der Waals surface area contributed by atoms with E-state index in [1.54, 1.807) is 18.1 Å². The molecule has 0 bridgehead atoms. The van der Waals surface area contributed by atoms with Crippen LogP contribution >= 0.6 is 0 Å². The van der Waals surface area contributed by atoms with Gasteiger partial charge in [-0.1, -0.05) is 37.6 Å². The van der Waals surface area contributed by atoms with Gasteiger partial charge < -0.3 is 5.32 Å². The Morgan fingerprint density at radius 2 is 1.93 bits per heavy atom. The van der Waals surface area contributed by atoms with Gasteiger partial charge in [0.1, 0.15) is 0 Å². The van der Waals surface area contributed by atoms with Crippen molar-refractivity contribution in [1.82, 2.24) is 10.3 Å². The van der Waals surface area contributed by atoms with Crippen molar-refractivity contribution >= 4 is 11.5 Å². The molecule has 6 atom stereocenters. The molecule has 2 saturated carbocycles. The van der Waals surface area contributed by atoms with Gasteiger partial charge in [0.2, 0.25) is 5.91 Å². The van der Waals surface area contributed by atoms with Gasteiger partial charge in [0.25, 0.3) is 0 Å². The molecule has 0 spiro atoms. The molecule has 4 aliphatic carbocycles. The second kappa shape index (κ2) is 6.82. The third-order valence-corrected chi connectivity index (χ3v) is 9.06. The largest absolute Gasteiger partial charge is 0.353 e. The van der Waals surface area contributed by atoms with Gasteiger partial charge in [-0.2, -0.15) is 0 Å². The van der Waals surface area contributed by atoms with Gasteiger partial charge in [-0.05, 0) is 90.7 Å². The average molecular weight is 391 g/mol. The van der Waals surface area contributed by atoms with Crippen LogP contribution < -0.4 is 5.32 Å². The molecule has 3 nitrogen and oxygen atoms in total. The summed E-state index contributed by atoms with van der Waals surface area (Å²) in [5.74, 6) is 2.44. The first-order valence-electron chi connectivity index (χ1n) is 11.5. The molecular formula is C26H34N2O. The summed E-state index contributed by atoms with van der Waals surface area (Å²) in [4.78, 5) is 15.9. The molecule has 1 heterocycles. The van der Waals surface area contributed by atoms with Crippen LogP contribution in [0.2, 0.25) is 0 Å².